The van der Waals surface area contributed by atoms with Gasteiger partial charge in [0, 0.05) is 16.1 Å². The van der Waals surface area contributed by atoms with Gasteiger partial charge in [-0.1, -0.05) is 15.9 Å². The van der Waals surface area contributed by atoms with E-state index in [4.69, 9.17) is 4.74 Å². The highest BCUT2D eigenvalue weighted by atomic mass is 79.9. The number of halogens is 1. The highest BCUT2D eigenvalue weighted by Gasteiger charge is 2.19. The molecular formula is C14H11BrN4O6. The summed E-state index contributed by atoms with van der Waals surface area (Å²) < 4.78 is 5.63. The number of nitrogens with zero attached hydrogens (tertiary/aromatic N) is 3. The molecule has 0 fully saturated rings. The lowest BCUT2D eigenvalue weighted by atomic mass is 10.2. The van der Waals surface area contributed by atoms with Crippen molar-refractivity contribution >= 4 is 39.2 Å². The van der Waals surface area contributed by atoms with Crippen LogP contribution < -0.4 is 10.2 Å². The Morgan fingerprint density at radius 3 is 2.56 bits per heavy atom. The maximum atomic E-state index is 11.0. The summed E-state index contributed by atoms with van der Waals surface area (Å²) in [4.78, 5) is 20.3. The zero-order chi connectivity index (χ0) is 18.6. The van der Waals surface area contributed by atoms with Crippen molar-refractivity contribution in [3.8, 4) is 11.5 Å². The Bertz CT molecular complexity index is 871. The van der Waals surface area contributed by atoms with Crippen LogP contribution in [-0.4, -0.2) is 28.3 Å². The summed E-state index contributed by atoms with van der Waals surface area (Å²) >= 11 is 3.25. The van der Waals surface area contributed by atoms with Gasteiger partial charge in [0.05, 0.1) is 29.2 Å². The molecule has 2 rings (SSSR count). The normalized spacial score (nSPS) is 10.6. The molecule has 2 aromatic carbocycles. The number of methoxy groups -OCH3 is 1. The van der Waals surface area contributed by atoms with Gasteiger partial charge in [0.15, 0.2) is 11.5 Å². The molecule has 11 heteroatoms. The van der Waals surface area contributed by atoms with Crippen LogP contribution in [0.2, 0.25) is 0 Å². The maximum absolute atomic E-state index is 11.0. The van der Waals surface area contributed by atoms with Gasteiger partial charge in [0.2, 0.25) is 0 Å². The Morgan fingerprint density at radius 2 is 1.96 bits per heavy atom. The van der Waals surface area contributed by atoms with E-state index in [0.717, 1.165) is 12.1 Å². The second-order valence-corrected chi connectivity index (χ2v) is 5.55. The number of anilines is 1. The summed E-state index contributed by atoms with van der Waals surface area (Å²) in [6.45, 7) is 0. The molecule has 25 heavy (non-hydrogen) atoms. The van der Waals surface area contributed by atoms with Crippen LogP contribution in [-0.2, 0) is 0 Å². The summed E-state index contributed by atoms with van der Waals surface area (Å²) in [5, 5.41) is 35.6. The third-order valence-corrected chi connectivity index (χ3v) is 3.52. The van der Waals surface area contributed by atoms with Gasteiger partial charge in [-0.3, -0.25) is 25.7 Å². The Morgan fingerprint density at radius 1 is 1.24 bits per heavy atom. The van der Waals surface area contributed by atoms with Crippen molar-refractivity contribution < 1.29 is 19.7 Å². The Hall–Kier alpha value is -3.21. The third-order valence-electron chi connectivity index (χ3n) is 3.07. The summed E-state index contributed by atoms with van der Waals surface area (Å²) in [5.41, 5.74) is 1.79. The van der Waals surface area contributed by atoms with Gasteiger partial charge >= 0.3 is 5.69 Å². The molecule has 130 valence electrons. The number of nitro benzene ring substituents is 2. The number of hydrogen-bond acceptors (Lipinski definition) is 8. The number of non-ortho nitro benzene ring substituents is 1. The molecular weight excluding hydrogens is 400 g/mol. The second-order valence-electron chi connectivity index (χ2n) is 4.63. The van der Waals surface area contributed by atoms with E-state index >= 15 is 0 Å². The summed E-state index contributed by atoms with van der Waals surface area (Å²) in [6.07, 6.45) is 1.23. The molecule has 2 aromatic rings. The highest BCUT2D eigenvalue weighted by molar-refractivity contribution is 9.10. The molecule has 0 unspecified atom stereocenters. The van der Waals surface area contributed by atoms with Crippen LogP contribution in [0, 0.1) is 20.2 Å². The molecule has 2 N–H and O–H groups in total. The quantitative estimate of drug-likeness (QED) is 0.422. The molecule has 0 aliphatic carbocycles. The van der Waals surface area contributed by atoms with Crippen LogP contribution in [0.4, 0.5) is 17.1 Å². The van der Waals surface area contributed by atoms with Gasteiger partial charge in [-0.15, -0.1) is 0 Å². The number of aromatic hydroxyl groups is 1. The molecule has 10 nitrogen and oxygen atoms in total. The average Bonchev–Trinajstić information content (AvgIpc) is 2.57. The van der Waals surface area contributed by atoms with Gasteiger partial charge in [-0.2, -0.15) is 5.10 Å². The van der Waals surface area contributed by atoms with E-state index in [-0.39, 0.29) is 17.2 Å². The summed E-state index contributed by atoms with van der Waals surface area (Å²) in [5.74, 6) is 0.0617. The smallest absolute Gasteiger partial charge is 0.301 e. The largest absolute Gasteiger partial charge is 0.504 e. The van der Waals surface area contributed by atoms with Crippen molar-refractivity contribution in [3.63, 3.8) is 0 Å². The lowest BCUT2D eigenvalue weighted by Crippen LogP contribution is -1.99. The minimum atomic E-state index is -0.759. The molecule has 0 saturated heterocycles. The predicted molar refractivity (Wildman–Crippen MR) is 93.3 cm³/mol. The van der Waals surface area contributed by atoms with Crippen LogP contribution in [0.25, 0.3) is 0 Å². The summed E-state index contributed by atoms with van der Waals surface area (Å²) in [7, 11) is 1.39. The lowest BCUT2D eigenvalue weighted by Gasteiger charge is -2.07. The van der Waals surface area contributed by atoms with Gasteiger partial charge in [-0.05, 0) is 18.2 Å². The van der Waals surface area contributed by atoms with Crippen molar-refractivity contribution in [3.05, 3.63) is 60.6 Å². The molecule has 0 saturated carbocycles. The van der Waals surface area contributed by atoms with E-state index in [2.05, 4.69) is 26.5 Å². The van der Waals surface area contributed by atoms with Gasteiger partial charge in [0.25, 0.3) is 5.69 Å². The van der Waals surface area contributed by atoms with Gasteiger partial charge in [0.1, 0.15) is 5.69 Å². The number of phenols is 1. The van der Waals surface area contributed by atoms with E-state index in [1.54, 1.807) is 12.1 Å². The van der Waals surface area contributed by atoms with E-state index < -0.39 is 21.2 Å². The van der Waals surface area contributed by atoms with Crippen LogP contribution in [0.15, 0.2) is 39.9 Å². The molecule has 0 aromatic heterocycles. The Kier molecular flexibility index (Phi) is 5.49. The number of nitrogens with one attached hydrogen (secondary N) is 1. The maximum Gasteiger partial charge on any atom is 0.301 e. The van der Waals surface area contributed by atoms with Crippen molar-refractivity contribution in [2.45, 2.75) is 0 Å². The van der Waals surface area contributed by atoms with Crippen molar-refractivity contribution in [2.75, 3.05) is 12.5 Å². The zero-order valence-electron chi connectivity index (χ0n) is 12.7. The number of nitro groups is 2. The molecule has 0 aliphatic rings. The summed E-state index contributed by atoms with van der Waals surface area (Å²) in [6, 6.07) is 6.24. The van der Waals surface area contributed by atoms with Crippen molar-refractivity contribution in [2.24, 2.45) is 5.10 Å². The molecule has 0 aliphatic heterocycles. The number of hydrogen-bond donors (Lipinski definition) is 2. The monoisotopic (exact) mass is 410 g/mol. The first-order valence-corrected chi connectivity index (χ1v) is 7.41. The first kappa shape index (κ1) is 18.1. The molecule has 0 heterocycles. The average molecular weight is 411 g/mol. The van der Waals surface area contributed by atoms with E-state index in [1.165, 1.54) is 19.4 Å². The standard InChI is InChI=1S/C14H11BrN4O6/c1-25-13-5-9(15)4-8(14(13)20)7-16-17-11-3-2-10(18(21)22)6-12(11)19(23)24/h2-7,17,20H,1H3/b16-7+. The number of ether oxygens (including phenoxy) is 1. The molecule has 0 bridgehead atoms. The minimum absolute atomic E-state index is 0.0340. The minimum Gasteiger partial charge on any atom is -0.504 e. The Labute approximate surface area is 149 Å². The third kappa shape index (κ3) is 4.20. The van der Waals surface area contributed by atoms with Crippen LogP contribution in [0.3, 0.4) is 0 Å². The van der Waals surface area contributed by atoms with Crippen molar-refractivity contribution in [1.82, 2.24) is 0 Å². The van der Waals surface area contributed by atoms with Gasteiger partial charge in [-0.25, -0.2) is 0 Å². The topological polar surface area (TPSA) is 140 Å². The van der Waals surface area contributed by atoms with Crippen LogP contribution in [0.1, 0.15) is 5.56 Å². The SMILES string of the molecule is COc1cc(Br)cc(/C=N/Nc2ccc([N+](=O)[O-])cc2[N+](=O)[O-])c1O. The highest BCUT2D eigenvalue weighted by Crippen LogP contribution is 2.33. The second kappa shape index (κ2) is 7.57. The van der Waals surface area contributed by atoms with E-state index in [1.807, 2.05) is 0 Å². The van der Waals surface area contributed by atoms with Gasteiger partial charge < -0.3 is 9.84 Å². The Balaban J connectivity index is 2.30. The predicted octanol–water partition coefficient (Wildman–Crippen LogP) is 3.43. The number of hydrazone groups is 1. The fourth-order valence-corrected chi connectivity index (χ4v) is 2.35. The van der Waals surface area contributed by atoms with Crippen LogP contribution in [0.5, 0.6) is 11.5 Å². The number of rotatable bonds is 6. The van der Waals surface area contributed by atoms with Crippen molar-refractivity contribution in [1.29, 1.82) is 0 Å². The van der Waals surface area contributed by atoms with E-state index in [9.17, 15) is 25.3 Å². The fraction of sp³-hybridized carbons (Fsp3) is 0.0714. The molecule has 0 amide bonds. The lowest BCUT2D eigenvalue weighted by molar-refractivity contribution is -0.393. The number of phenolic OH excluding ortho intramolecular Hbond substituents is 1. The fourth-order valence-electron chi connectivity index (χ4n) is 1.90. The first-order chi connectivity index (χ1) is 11.8. The molecule has 0 atom stereocenters. The first-order valence-electron chi connectivity index (χ1n) is 6.62. The number of benzene rings is 2. The van der Waals surface area contributed by atoms with E-state index in [0.29, 0.717) is 10.0 Å². The zero-order valence-corrected chi connectivity index (χ0v) is 14.3. The molecule has 0 radical (unpaired) electrons. The van der Waals surface area contributed by atoms with Crippen LogP contribution >= 0.6 is 15.9 Å². The molecule has 0 spiro atoms.